The molecule has 0 aromatic heterocycles. The highest BCUT2D eigenvalue weighted by Crippen LogP contribution is 2.49. The van der Waals surface area contributed by atoms with Crippen LogP contribution in [0.25, 0.3) is 0 Å². The molecule has 3 nitrogen and oxygen atoms in total. The minimum atomic E-state index is -0.141. The number of rotatable bonds is 4. The van der Waals surface area contributed by atoms with Crippen LogP contribution in [0.1, 0.15) is 49.7 Å². The topological polar surface area (TPSA) is 32.3 Å². The van der Waals surface area contributed by atoms with Crippen LogP contribution >= 0.6 is 0 Å². The van der Waals surface area contributed by atoms with Gasteiger partial charge < -0.3 is 5.32 Å². The first-order valence-electron chi connectivity index (χ1n) is 9.31. The number of hydrogen-bond donors (Lipinski definition) is 1. The number of carbonyl (C=O) groups excluding carboxylic acids is 1. The quantitative estimate of drug-likeness (QED) is 0.917. The van der Waals surface area contributed by atoms with E-state index in [4.69, 9.17) is 0 Å². The van der Waals surface area contributed by atoms with Gasteiger partial charge in [-0.25, -0.2) is 4.39 Å². The third-order valence-corrected chi connectivity index (χ3v) is 6.28. The molecule has 0 bridgehead atoms. The molecule has 1 spiro atoms. The molecule has 1 saturated heterocycles. The summed E-state index contributed by atoms with van der Waals surface area (Å²) in [6.45, 7) is 5.07. The number of hydrogen-bond acceptors (Lipinski definition) is 2. The maximum absolute atomic E-state index is 13.4. The van der Waals surface area contributed by atoms with Gasteiger partial charge in [0.2, 0.25) is 5.91 Å². The predicted octanol–water partition coefficient (Wildman–Crippen LogP) is 3.40. The van der Waals surface area contributed by atoms with Crippen molar-refractivity contribution in [1.29, 1.82) is 0 Å². The highest BCUT2D eigenvalue weighted by molar-refractivity contribution is 5.81. The Morgan fingerprint density at radius 2 is 2.00 bits per heavy atom. The zero-order valence-corrected chi connectivity index (χ0v) is 14.5. The molecule has 4 rings (SSSR count). The van der Waals surface area contributed by atoms with Crippen molar-refractivity contribution in [3.05, 3.63) is 35.1 Å². The van der Waals surface area contributed by atoms with Crippen molar-refractivity contribution >= 4 is 5.91 Å². The van der Waals surface area contributed by atoms with Crippen molar-refractivity contribution in [2.75, 3.05) is 13.1 Å². The summed E-state index contributed by atoms with van der Waals surface area (Å²) >= 11 is 0. The second-order valence-electron chi connectivity index (χ2n) is 8.23. The number of carbonyl (C=O) groups is 1. The Kier molecular flexibility index (Phi) is 4.11. The van der Waals surface area contributed by atoms with Crippen molar-refractivity contribution in [2.45, 2.75) is 58.0 Å². The number of aryl methyl sites for hydroxylation is 1. The lowest BCUT2D eigenvalue weighted by Gasteiger charge is -2.52. The van der Waals surface area contributed by atoms with Crippen molar-refractivity contribution in [3.63, 3.8) is 0 Å². The molecule has 0 atom stereocenters. The van der Waals surface area contributed by atoms with Gasteiger partial charge in [-0.15, -0.1) is 0 Å². The molecule has 1 aromatic rings. The summed E-state index contributed by atoms with van der Waals surface area (Å²) in [4.78, 5) is 14.3. The van der Waals surface area contributed by atoms with Gasteiger partial charge in [-0.2, -0.15) is 0 Å². The largest absolute Gasteiger partial charge is 0.353 e. The lowest BCUT2D eigenvalue weighted by atomic mass is 9.60. The molecule has 130 valence electrons. The molecule has 3 aliphatic rings. The van der Waals surface area contributed by atoms with Crippen LogP contribution < -0.4 is 5.32 Å². The Morgan fingerprint density at radius 3 is 2.67 bits per heavy atom. The van der Waals surface area contributed by atoms with E-state index in [2.05, 4.69) is 17.1 Å². The maximum atomic E-state index is 13.4. The van der Waals surface area contributed by atoms with Gasteiger partial charge >= 0.3 is 0 Å². The molecular formula is C20H27FN2O. The highest BCUT2D eigenvalue weighted by atomic mass is 19.1. The molecule has 1 aliphatic heterocycles. The number of nitrogens with zero attached hydrogens (tertiary/aromatic N) is 1. The fourth-order valence-corrected chi connectivity index (χ4v) is 4.40. The van der Waals surface area contributed by atoms with Crippen molar-refractivity contribution < 1.29 is 9.18 Å². The molecule has 1 amide bonds. The van der Waals surface area contributed by atoms with Crippen LogP contribution in [0.15, 0.2) is 18.2 Å². The van der Waals surface area contributed by atoms with E-state index >= 15 is 0 Å². The van der Waals surface area contributed by atoms with E-state index in [-0.39, 0.29) is 11.7 Å². The molecule has 2 saturated carbocycles. The molecule has 1 heterocycles. The van der Waals surface area contributed by atoms with E-state index in [1.165, 1.54) is 24.5 Å². The number of amides is 1. The van der Waals surface area contributed by atoms with Crippen LogP contribution in [0, 0.1) is 24.1 Å². The summed E-state index contributed by atoms with van der Waals surface area (Å²) in [6, 6.07) is 5.49. The first kappa shape index (κ1) is 16.1. The zero-order chi connectivity index (χ0) is 16.7. The molecule has 24 heavy (non-hydrogen) atoms. The van der Waals surface area contributed by atoms with Gasteiger partial charge in [0.15, 0.2) is 0 Å². The third-order valence-electron chi connectivity index (χ3n) is 6.28. The molecule has 3 fully saturated rings. The van der Waals surface area contributed by atoms with Crippen LogP contribution in [-0.2, 0) is 11.3 Å². The monoisotopic (exact) mass is 330 g/mol. The van der Waals surface area contributed by atoms with Gasteiger partial charge in [0.1, 0.15) is 5.82 Å². The summed E-state index contributed by atoms with van der Waals surface area (Å²) in [5, 5.41) is 3.22. The average Bonchev–Trinajstić information content (AvgIpc) is 3.36. The fourth-order valence-electron chi connectivity index (χ4n) is 4.40. The lowest BCUT2D eigenvalue weighted by Crippen LogP contribution is -2.55. The summed E-state index contributed by atoms with van der Waals surface area (Å²) in [5.74, 6) is 0.462. The maximum Gasteiger partial charge on any atom is 0.223 e. The van der Waals surface area contributed by atoms with Crippen LogP contribution in [0.5, 0.6) is 0 Å². The molecule has 4 heteroatoms. The minimum absolute atomic E-state index is 0.141. The van der Waals surface area contributed by atoms with Crippen molar-refractivity contribution in [3.8, 4) is 0 Å². The van der Waals surface area contributed by atoms with Crippen molar-refractivity contribution in [2.24, 2.45) is 11.3 Å². The van der Waals surface area contributed by atoms with Crippen molar-refractivity contribution in [1.82, 2.24) is 10.2 Å². The van der Waals surface area contributed by atoms with Gasteiger partial charge in [0, 0.05) is 18.5 Å². The van der Waals surface area contributed by atoms with E-state index in [0.717, 1.165) is 50.9 Å². The molecule has 0 unspecified atom stereocenters. The van der Waals surface area contributed by atoms with Gasteiger partial charge in [0.05, 0.1) is 0 Å². The van der Waals surface area contributed by atoms with E-state index in [1.807, 2.05) is 6.07 Å². The Bertz CT molecular complexity index is 625. The Balaban J connectivity index is 1.25. The van der Waals surface area contributed by atoms with Crippen LogP contribution in [0.4, 0.5) is 4.39 Å². The fraction of sp³-hybridized carbons (Fsp3) is 0.650. The van der Waals surface area contributed by atoms with Crippen LogP contribution in [0.2, 0.25) is 0 Å². The summed E-state index contributed by atoms with van der Waals surface area (Å²) in [6.07, 6.45) is 6.88. The standard InChI is InChI=1S/C20H27FN2O/c1-14-2-5-17(21)10-16(14)13-23-8-6-20(7-9-23)11-18(12-20)22-19(24)15-3-4-15/h2,5,10,15,18H,3-4,6-9,11-13H2,1H3,(H,22,24). The smallest absolute Gasteiger partial charge is 0.223 e. The summed E-state index contributed by atoms with van der Waals surface area (Å²) in [5.41, 5.74) is 2.73. The van der Waals surface area contributed by atoms with E-state index in [1.54, 1.807) is 6.07 Å². The van der Waals surface area contributed by atoms with E-state index in [0.29, 0.717) is 17.4 Å². The molecule has 1 aromatic carbocycles. The number of nitrogens with one attached hydrogen (secondary N) is 1. The third kappa shape index (κ3) is 3.34. The first-order chi connectivity index (χ1) is 11.5. The van der Waals surface area contributed by atoms with Gasteiger partial charge in [0.25, 0.3) is 0 Å². The van der Waals surface area contributed by atoms with Gasteiger partial charge in [-0.1, -0.05) is 6.07 Å². The number of piperidine rings is 1. The SMILES string of the molecule is Cc1ccc(F)cc1CN1CCC2(CC1)CC(NC(=O)C1CC1)C2. The summed E-state index contributed by atoms with van der Waals surface area (Å²) in [7, 11) is 0. The van der Waals surface area contributed by atoms with Gasteiger partial charge in [-0.05, 0) is 87.2 Å². The van der Waals surface area contributed by atoms with Crippen LogP contribution in [-0.4, -0.2) is 29.9 Å². The molecular weight excluding hydrogens is 303 g/mol. The number of likely N-dealkylation sites (tertiary alicyclic amines) is 1. The minimum Gasteiger partial charge on any atom is -0.353 e. The molecule has 2 aliphatic carbocycles. The average molecular weight is 330 g/mol. The normalized spacial score (nSPS) is 23.9. The highest BCUT2D eigenvalue weighted by Gasteiger charge is 2.47. The first-order valence-corrected chi connectivity index (χ1v) is 9.31. The van der Waals surface area contributed by atoms with Gasteiger partial charge in [-0.3, -0.25) is 9.69 Å². The summed E-state index contributed by atoms with van der Waals surface area (Å²) < 4.78 is 13.4. The van der Waals surface area contributed by atoms with Crippen LogP contribution in [0.3, 0.4) is 0 Å². The Hall–Kier alpha value is -1.42. The Morgan fingerprint density at radius 1 is 1.29 bits per heavy atom. The molecule has 1 N–H and O–H groups in total. The van der Waals surface area contributed by atoms with E-state index < -0.39 is 0 Å². The zero-order valence-electron chi connectivity index (χ0n) is 14.5. The second-order valence-corrected chi connectivity index (χ2v) is 8.23. The Labute approximate surface area is 143 Å². The second kappa shape index (κ2) is 6.14. The number of halogens is 1. The lowest BCUT2D eigenvalue weighted by molar-refractivity contribution is -0.125. The number of benzene rings is 1. The predicted molar refractivity (Wildman–Crippen MR) is 92.0 cm³/mol. The van der Waals surface area contributed by atoms with E-state index in [9.17, 15) is 9.18 Å². The molecule has 0 radical (unpaired) electrons.